The van der Waals surface area contributed by atoms with Gasteiger partial charge in [0.1, 0.15) is 0 Å². The first-order valence-corrected chi connectivity index (χ1v) is 6.23. The number of benzene rings is 1. The van der Waals surface area contributed by atoms with Crippen molar-refractivity contribution in [2.75, 3.05) is 18.1 Å². The highest BCUT2D eigenvalue weighted by Gasteiger charge is 2.21. The second-order valence-corrected chi connectivity index (χ2v) is 4.61. The van der Waals surface area contributed by atoms with Gasteiger partial charge >= 0.3 is 0 Å². The first kappa shape index (κ1) is 12.1. The topological polar surface area (TPSA) is 40.5 Å². The number of carbonyl (C=O) groups excluding carboxylic acids is 1. The van der Waals surface area contributed by atoms with Crippen LogP contribution in [0.4, 0.5) is 5.69 Å². The Morgan fingerprint density at radius 2 is 2.29 bits per heavy atom. The van der Waals surface area contributed by atoms with Crippen molar-refractivity contribution in [2.45, 2.75) is 32.6 Å². The Morgan fingerprint density at radius 3 is 3.06 bits per heavy atom. The molecule has 0 aromatic heterocycles. The fourth-order valence-corrected chi connectivity index (χ4v) is 2.35. The predicted octanol–water partition coefficient (Wildman–Crippen LogP) is 2.05. The van der Waals surface area contributed by atoms with Crippen LogP contribution in [0.1, 0.15) is 30.4 Å². The lowest BCUT2D eigenvalue weighted by Gasteiger charge is -2.29. The average Bonchev–Trinajstić information content (AvgIpc) is 2.34. The zero-order chi connectivity index (χ0) is 12.3. The quantitative estimate of drug-likeness (QED) is 0.868. The zero-order valence-corrected chi connectivity index (χ0v) is 10.3. The third kappa shape index (κ3) is 2.67. The number of aliphatic hydroxyl groups excluding tert-OH is 1. The molecule has 17 heavy (non-hydrogen) atoms. The van der Waals surface area contributed by atoms with Crippen molar-refractivity contribution in [1.29, 1.82) is 0 Å². The number of hydrogen-bond acceptors (Lipinski definition) is 2. The smallest absolute Gasteiger partial charge is 0.227 e. The van der Waals surface area contributed by atoms with Crippen molar-refractivity contribution in [3.05, 3.63) is 29.3 Å². The summed E-state index contributed by atoms with van der Waals surface area (Å²) in [4.78, 5) is 13.9. The number of amides is 1. The molecule has 1 heterocycles. The first-order valence-electron chi connectivity index (χ1n) is 6.23. The number of hydrogen-bond donors (Lipinski definition) is 1. The monoisotopic (exact) mass is 233 g/mol. The van der Waals surface area contributed by atoms with E-state index in [1.165, 1.54) is 11.1 Å². The molecule has 1 N–H and O–H groups in total. The van der Waals surface area contributed by atoms with Crippen LogP contribution < -0.4 is 4.90 Å². The molecule has 1 aromatic carbocycles. The number of nitrogens with zero attached hydrogens (tertiary/aromatic N) is 1. The molecule has 1 aromatic rings. The van der Waals surface area contributed by atoms with Gasteiger partial charge in [0.2, 0.25) is 5.91 Å². The number of aliphatic hydroxyl groups is 1. The molecule has 1 aliphatic rings. The van der Waals surface area contributed by atoms with E-state index >= 15 is 0 Å². The molecular formula is C14H19NO2. The van der Waals surface area contributed by atoms with E-state index in [4.69, 9.17) is 5.11 Å². The van der Waals surface area contributed by atoms with E-state index in [2.05, 4.69) is 19.1 Å². The number of anilines is 1. The molecule has 2 rings (SSSR count). The van der Waals surface area contributed by atoms with Gasteiger partial charge in [-0.15, -0.1) is 0 Å². The van der Waals surface area contributed by atoms with E-state index in [-0.39, 0.29) is 12.5 Å². The summed E-state index contributed by atoms with van der Waals surface area (Å²) in [7, 11) is 0. The lowest BCUT2D eigenvalue weighted by atomic mass is 9.99. The lowest BCUT2D eigenvalue weighted by Crippen LogP contribution is -2.35. The van der Waals surface area contributed by atoms with Crippen LogP contribution in [0.2, 0.25) is 0 Å². The normalized spacial score (nSPS) is 14.6. The standard InChI is InChI=1S/C14H19NO2/c1-11-6-7-13-12(10-11)4-2-8-15(13)14(17)5-3-9-16/h6-7,10,16H,2-5,8-9H2,1H3. The summed E-state index contributed by atoms with van der Waals surface area (Å²) in [6.07, 6.45) is 3.07. The van der Waals surface area contributed by atoms with Crippen LogP contribution in [0.3, 0.4) is 0 Å². The summed E-state index contributed by atoms with van der Waals surface area (Å²) in [5.41, 5.74) is 3.58. The highest BCUT2D eigenvalue weighted by Crippen LogP contribution is 2.28. The Morgan fingerprint density at radius 1 is 1.47 bits per heavy atom. The number of carbonyl (C=O) groups is 1. The molecular weight excluding hydrogens is 214 g/mol. The highest BCUT2D eigenvalue weighted by atomic mass is 16.3. The predicted molar refractivity (Wildman–Crippen MR) is 68.2 cm³/mol. The van der Waals surface area contributed by atoms with Gasteiger partial charge in [-0.2, -0.15) is 0 Å². The van der Waals surface area contributed by atoms with E-state index in [0.717, 1.165) is 25.1 Å². The third-order valence-corrected chi connectivity index (χ3v) is 3.20. The van der Waals surface area contributed by atoms with Crippen LogP contribution in [-0.2, 0) is 11.2 Å². The molecule has 1 amide bonds. The second-order valence-electron chi connectivity index (χ2n) is 4.61. The Hall–Kier alpha value is -1.35. The molecule has 0 aliphatic carbocycles. The summed E-state index contributed by atoms with van der Waals surface area (Å²) in [5, 5.41) is 8.77. The maximum atomic E-state index is 12.0. The van der Waals surface area contributed by atoms with Gasteiger partial charge in [0.15, 0.2) is 0 Å². The lowest BCUT2D eigenvalue weighted by molar-refractivity contribution is -0.119. The van der Waals surface area contributed by atoms with Gasteiger partial charge in [0.05, 0.1) is 0 Å². The summed E-state index contributed by atoms with van der Waals surface area (Å²) < 4.78 is 0. The molecule has 92 valence electrons. The summed E-state index contributed by atoms with van der Waals surface area (Å²) >= 11 is 0. The van der Waals surface area contributed by atoms with Crippen molar-refractivity contribution >= 4 is 11.6 Å². The molecule has 0 radical (unpaired) electrons. The van der Waals surface area contributed by atoms with Crippen molar-refractivity contribution in [2.24, 2.45) is 0 Å². The molecule has 3 nitrogen and oxygen atoms in total. The fraction of sp³-hybridized carbons (Fsp3) is 0.500. The molecule has 0 fully saturated rings. The van der Waals surface area contributed by atoms with Gasteiger partial charge < -0.3 is 10.0 Å². The Bertz CT molecular complexity index is 415. The van der Waals surface area contributed by atoms with E-state index in [0.29, 0.717) is 12.8 Å². The molecule has 1 aliphatic heterocycles. The first-order chi connectivity index (χ1) is 8.22. The largest absolute Gasteiger partial charge is 0.396 e. The van der Waals surface area contributed by atoms with Crippen LogP contribution in [0.5, 0.6) is 0 Å². The summed E-state index contributed by atoms with van der Waals surface area (Å²) in [5.74, 6) is 0.129. The second kappa shape index (κ2) is 5.32. The fourth-order valence-electron chi connectivity index (χ4n) is 2.35. The van der Waals surface area contributed by atoms with E-state index < -0.39 is 0 Å². The maximum Gasteiger partial charge on any atom is 0.227 e. The van der Waals surface area contributed by atoms with Crippen LogP contribution in [0.15, 0.2) is 18.2 Å². The Kier molecular flexibility index (Phi) is 3.79. The average molecular weight is 233 g/mol. The summed E-state index contributed by atoms with van der Waals surface area (Å²) in [6, 6.07) is 6.26. The third-order valence-electron chi connectivity index (χ3n) is 3.20. The van der Waals surface area contributed by atoms with E-state index in [1.54, 1.807) is 0 Å². The van der Waals surface area contributed by atoms with Crippen molar-refractivity contribution in [1.82, 2.24) is 0 Å². The molecule has 0 unspecified atom stereocenters. The van der Waals surface area contributed by atoms with Crippen LogP contribution in [0, 0.1) is 6.92 Å². The van der Waals surface area contributed by atoms with Crippen molar-refractivity contribution in [3.8, 4) is 0 Å². The van der Waals surface area contributed by atoms with Crippen LogP contribution >= 0.6 is 0 Å². The molecule has 0 atom stereocenters. The van der Waals surface area contributed by atoms with E-state index in [1.807, 2.05) is 11.0 Å². The number of rotatable bonds is 3. The minimum absolute atomic E-state index is 0.0837. The van der Waals surface area contributed by atoms with Gasteiger partial charge in [-0.25, -0.2) is 0 Å². The summed E-state index contributed by atoms with van der Waals surface area (Å²) in [6.45, 7) is 2.97. The van der Waals surface area contributed by atoms with E-state index in [9.17, 15) is 4.79 Å². The minimum Gasteiger partial charge on any atom is -0.396 e. The van der Waals surface area contributed by atoms with Gasteiger partial charge in [0.25, 0.3) is 0 Å². The Labute approximate surface area is 102 Å². The van der Waals surface area contributed by atoms with Gasteiger partial charge in [0, 0.05) is 25.3 Å². The maximum absolute atomic E-state index is 12.0. The van der Waals surface area contributed by atoms with Crippen molar-refractivity contribution < 1.29 is 9.90 Å². The highest BCUT2D eigenvalue weighted by molar-refractivity contribution is 5.94. The molecule has 3 heteroatoms. The van der Waals surface area contributed by atoms with Crippen molar-refractivity contribution in [3.63, 3.8) is 0 Å². The minimum atomic E-state index is 0.0837. The number of fused-ring (bicyclic) bond motifs is 1. The molecule has 0 saturated carbocycles. The zero-order valence-electron chi connectivity index (χ0n) is 10.3. The van der Waals surface area contributed by atoms with Gasteiger partial charge in [-0.3, -0.25) is 4.79 Å². The SMILES string of the molecule is Cc1ccc2c(c1)CCCN2C(=O)CCCO. The van der Waals surface area contributed by atoms with Gasteiger partial charge in [-0.1, -0.05) is 17.7 Å². The molecule has 0 saturated heterocycles. The number of aryl methyl sites for hydroxylation is 2. The van der Waals surface area contributed by atoms with Crippen LogP contribution in [-0.4, -0.2) is 24.2 Å². The van der Waals surface area contributed by atoms with Crippen LogP contribution in [0.25, 0.3) is 0 Å². The van der Waals surface area contributed by atoms with Gasteiger partial charge in [-0.05, 0) is 37.8 Å². The Balaban J connectivity index is 2.19. The molecule has 0 bridgehead atoms. The molecule has 0 spiro atoms.